The molecular formula is C18H25N3. The first kappa shape index (κ1) is 14.3. The van der Waals surface area contributed by atoms with Crippen molar-refractivity contribution in [1.82, 2.24) is 14.7 Å². The molecule has 1 fully saturated rings. The number of nitrogens with zero attached hydrogens (tertiary/aromatic N) is 3. The summed E-state index contributed by atoms with van der Waals surface area (Å²) in [7, 11) is 2.21. The summed E-state index contributed by atoms with van der Waals surface area (Å²) in [5.41, 5.74) is 4.01. The average molecular weight is 283 g/mol. The van der Waals surface area contributed by atoms with Crippen molar-refractivity contribution in [2.75, 3.05) is 20.1 Å². The number of aryl methyl sites for hydroxylation is 1. The van der Waals surface area contributed by atoms with E-state index in [2.05, 4.69) is 60.0 Å². The van der Waals surface area contributed by atoms with Crippen LogP contribution in [0.5, 0.6) is 0 Å². The maximum absolute atomic E-state index is 4.87. The number of hydrogen-bond acceptors (Lipinski definition) is 2. The van der Waals surface area contributed by atoms with Crippen molar-refractivity contribution in [3.8, 4) is 0 Å². The third kappa shape index (κ3) is 3.35. The van der Waals surface area contributed by atoms with Crippen LogP contribution in [-0.4, -0.2) is 34.8 Å². The molecule has 1 aromatic heterocycles. The SMILES string of the molecule is CCn1nc(C2CCN(C)CC2)cc1Cc1ccccc1. The Kier molecular flexibility index (Phi) is 4.39. The van der Waals surface area contributed by atoms with Crippen LogP contribution in [0.3, 0.4) is 0 Å². The Morgan fingerprint density at radius 1 is 1.14 bits per heavy atom. The van der Waals surface area contributed by atoms with Crippen LogP contribution in [0.2, 0.25) is 0 Å². The molecule has 1 aromatic carbocycles. The number of aromatic nitrogens is 2. The van der Waals surface area contributed by atoms with Gasteiger partial charge in [-0.1, -0.05) is 30.3 Å². The van der Waals surface area contributed by atoms with Crippen LogP contribution >= 0.6 is 0 Å². The van der Waals surface area contributed by atoms with Gasteiger partial charge in [0.2, 0.25) is 0 Å². The average Bonchev–Trinajstić information content (AvgIpc) is 2.92. The van der Waals surface area contributed by atoms with Crippen LogP contribution in [0.1, 0.15) is 42.6 Å². The predicted molar refractivity (Wildman–Crippen MR) is 86.6 cm³/mol. The maximum Gasteiger partial charge on any atom is 0.0659 e. The zero-order chi connectivity index (χ0) is 14.7. The number of likely N-dealkylation sites (tertiary alicyclic amines) is 1. The summed E-state index contributed by atoms with van der Waals surface area (Å²) in [6.07, 6.45) is 3.46. The van der Waals surface area contributed by atoms with Gasteiger partial charge in [-0.05, 0) is 51.5 Å². The molecule has 112 valence electrons. The van der Waals surface area contributed by atoms with E-state index in [-0.39, 0.29) is 0 Å². The quantitative estimate of drug-likeness (QED) is 0.858. The van der Waals surface area contributed by atoms with E-state index < -0.39 is 0 Å². The highest BCUT2D eigenvalue weighted by atomic mass is 15.3. The topological polar surface area (TPSA) is 21.1 Å². The van der Waals surface area contributed by atoms with Gasteiger partial charge in [0.1, 0.15) is 0 Å². The van der Waals surface area contributed by atoms with Crippen molar-refractivity contribution in [3.05, 3.63) is 53.3 Å². The van der Waals surface area contributed by atoms with Gasteiger partial charge in [-0.15, -0.1) is 0 Å². The van der Waals surface area contributed by atoms with Crippen molar-refractivity contribution in [2.45, 2.75) is 38.6 Å². The van der Waals surface area contributed by atoms with Crippen LogP contribution in [0.4, 0.5) is 0 Å². The maximum atomic E-state index is 4.87. The Labute approximate surface area is 127 Å². The van der Waals surface area contributed by atoms with E-state index in [1.54, 1.807) is 0 Å². The Hall–Kier alpha value is -1.61. The van der Waals surface area contributed by atoms with Gasteiger partial charge in [0.05, 0.1) is 5.69 Å². The van der Waals surface area contributed by atoms with Gasteiger partial charge in [0, 0.05) is 24.6 Å². The minimum atomic E-state index is 0.642. The molecule has 0 N–H and O–H groups in total. The summed E-state index contributed by atoms with van der Waals surface area (Å²) in [6.45, 7) is 5.52. The first-order valence-electron chi connectivity index (χ1n) is 8.05. The molecule has 2 aromatic rings. The molecule has 0 saturated carbocycles. The zero-order valence-corrected chi connectivity index (χ0v) is 13.1. The van der Waals surface area contributed by atoms with Gasteiger partial charge >= 0.3 is 0 Å². The van der Waals surface area contributed by atoms with Crippen molar-refractivity contribution < 1.29 is 0 Å². The van der Waals surface area contributed by atoms with E-state index in [1.165, 1.54) is 42.9 Å². The number of hydrogen-bond donors (Lipinski definition) is 0. The largest absolute Gasteiger partial charge is 0.306 e. The standard InChI is InChI=1S/C18H25N3/c1-3-21-17(13-15-7-5-4-6-8-15)14-18(19-21)16-9-11-20(2)12-10-16/h4-8,14,16H,3,9-13H2,1-2H3. The van der Waals surface area contributed by atoms with E-state index in [4.69, 9.17) is 5.10 Å². The zero-order valence-electron chi connectivity index (χ0n) is 13.1. The molecule has 21 heavy (non-hydrogen) atoms. The molecule has 3 rings (SSSR count). The lowest BCUT2D eigenvalue weighted by atomic mass is 9.93. The molecule has 0 amide bonds. The second-order valence-electron chi connectivity index (χ2n) is 6.12. The lowest BCUT2D eigenvalue weighted by Crippen LogP contribution is -2.29. The molecule has 3 heteroatoms. The van der Waals surface area contributed by atoms with Gasteiger partial charge in [0.15, 0.2) is 0 Å². The minimum absolute atomic E-state index is 0.642. The molecule has 1 aliphatic heterocycles. The van der Waals surface area contributed by atoms with Crippen LogP contribution < -0.4 is 0 Å². The normalized spacial score (nSPS) is 17.2. The molecule has 2 heterocycles. The number of rotatable bonds is 4. The predicted octanol–water partition coefficient (Wildman–Crippen LogP) is 3.30. The molecule has 3 nitrogen and oxygen atoms in total. The Balaban J connectivity index is 1.78. The van der Waals surface area contributed by atoms with E-state index >= 15 is 0 Å². The van der Waals surface area contributed by atoms with Crippen LogP contribution in [0, 0.1) is 0 Å². The Morgan fingerprint density at radius 3 is 2.52 bits per heavy atom. The number of benzene rings is 1. The fraction of sp³-hybridized carbons (Fsp3) is 0.500. The second-order valence-corrected chi connectivity index (χ2v) is 6.12. The molecule has 0 atom stereocenters. The van der Waals surface area contributed by atoms with Gasteiger partial charge in [-0.2, -0.15) is 5.10 Å². The van der Waals surface area contributed by atoms with Crippen LogP contribution in [0.25, 0.3) is 0 Å². The fourth-order valence-corrected chi connectivity index (χ4v) is 3.20. The van der Waals surface area contributed by atoms with Crippen molar-refractivity contribution in [1.29, 1.82) is 0 Å². The molecule has 0 unspecified atom stereocenters. The highest BCUT2D eigenvalue weighted by Gasteiger charge is 2.21. The highest BCUT2D eigenvalue weighted by Crippen LogP contribution is 2.27. The number of piperidine rings is 1. The molecule has 0 spiro atoms. The van der Waals surface area contributed by atoms with Crippen molar-refractivity contribution in [2.24, 2.45) is 0 Å². The van der Waals surface area contributed by atoms with E-state index in [0.29, 0.717) is 5.92 Å². The molecule has 1 saturated heterocycles. The molecule has 1 aliphatic rings. The Bertz CT molecular complexity index is 565. The third-order valence-corrected chi connectivity index (χ3v) is 4.55. The fourth-order valence-electron chi connectivity index (χ4n) is 3.20. The lowest BCUT2D eigenvalue weighted by Gasteiger charge is -2.27. The summed E-state index contributed by atoms with van der Waals surface area (Å²) in [6, 6.07) is 13.0. The van der Waals surface area contributed by atoms with Gasteiger partial charge in [-0.25, -0.2) is 0 Å². The summed E-state index contributed by atoms with van der Waals surface area (Å²) in [5, 5.41) is 4.87. The molecule has 0 bridgehead atoms. The monoisotopic (exact) mass is 283 g/mol. The van der Waals surface area contributed by atoms with Crippen molar-refractivity contribution in [3.63, 3.8) is 0 Å². The lowest BCUT2D eigenvalue weighted by molar-refractivity contribution is 0.253. The first-order valence-corrected chi connectivity index (χ1v) is 8.05. The Morgan fingerprint density at radius 2 is 1.86 bits per heavy atom. The first-order chi connectivity index (χ1) is 10.3. The summed E-state index contributed by atoms with van der Waals surface area (Å²) < 4.78 is 2.18. The smallest absolute Gasteiger partial charge is 0.0659 e. The van der Waals surface area contributed by atoms with Crippen LogP contribution in [-0.2, 0) is 13.0 Å². The second kappa shape index (κ2) is 6.44. The van der Waals surface area contributed by atoms with Crippen LogP contribution in [0.15, 0.2) is 36.4 Å². The summed E-state index contributed by atoms with van der Waals surface area (Å²) in [5.74, 6) is 0.642. The summed E-state index contributed by atoms with van der Waals surface area (Å²) in [4.78, 5) is 2.41. The van der Waals surface area contributed by atoms with Gasteiger partial charge in [-0.3, -0.25) is 4.68 Å². The minimum Gasteiger partial charge on any atom is -0.306 e. The molecule has 0 radical (unpaired) electrons. The summed E-state index contributed by atoms with van der Waals surface area (Å²) >= 11 is 0. The van der Waals surface area contributed by atoms with Gasteiger partial charge < -0.3 is 4.90 Å². The van der Waals surface area contributed by atoms with E-state index in [0.717, 1.165) is 13.0 Å². The molecular weight excluding hydrogens is 258 g/mol. The van der Waals surface area contributed by atoms with Crippen molar-refractivity contribution >= 4 is 0 Å². The van der Waals surface area contributed by atoms with E-state index in [9.17, 15) is 0 Å². The van der Waals surface area contributed by atoms with Gasteiger partial charge in [0.25, 0.3) is 0 Å². The van der Waals surface area contributed by atoms with E-state index in [1.807, 2.05) is 0 Å². The molecule has 0 aliphatic carbocycles. The highest BCUT2D eigenvalue weighted by molar-refractivity contribution is 5.24. The third-order valence-electron chi connectivity index (χ3n) is 4.55.